The Morgan fingerprint density at radius 3 is 2.13 bits per heavy atom. The second kappa shape index (κ2) is 10.8. The van der Waals surface area contributed by atoms with Gasteiger partial charge in [-0.1, -0.05) is 52.0 Å². The molecule has 0 rings (SSSR count). The average Bonchev–Trinajstić information content (AvgIpc) is 2.21. The van der Waals surface area contributed by atoms with Crippen LogP contribution in [0.25, 0.3) is 0 Å². The van der Waals surface area contributed by atoms with E-state index in [0.717, 1.165) is 5.54 Å². The van der Waals surface area contributed by atoms with Gasteiger partial charge >= 0.3 is 0 Å². The van der Waals surface area contributed by atoms with E-state index in [9.17, 15) is 0 Å². The van der Waals surface area contributed by atoms with Gasteiger partial charge in [0.25, 0.3) is 0 Å². The smallest absolute Gasteiger partial charge is 0.143 e. The molecule has 0 radical (unpaired) electrons. The normalized spacial score (nSPS) is 13.1. The lowest BCUT2D eigenvalue weighted by Gasteiger charge is -2.10. The summed E-state index contributed by atoms with van der Waals surface area (Å²) in [4.78, 5) is 0. The highest BCUT2D eigenvalue weighted by Crippen LogP contribution is 2.19. The Bertz CT molecular complexity index is 145. The summed E-state index contributed by atoms with van der Waals surface area (Å²) < 4.78 is 0. The maximum Gasteiger partial charge on any atom is 0.143 e. The first-order valence-corrected chi connectivity index (χ1v) is 9.66. The van der Waals surface area contributed by atoms with Crippen molar-refractivity contribution >= 4 is 19.2 Å². The minimum absolute atomic E-state index is 0.763. The number of unbranched alkanes of at least 4 members (excludes halogenated alkanes) is 6. The zero-order chi connectivity index (χ0) is 11.5. The number of hydrogen-bond donors (Lipinski definition) is 0. The molecule has 0 amide bonds. The molecule has 2 heteroatoms. The molecule has 0 nitrogen and oxygen atoms in total. The first-order chi connectivity index (χ1) is 7.18. The first kappa shape index (κ1) is 15.2. The summed E-state index contributed by atoms with van der Waals surface area (Å²) in [6, 6.07) is 1.33. The molecular weight excluding hydrogens is 220 g/mol. The molecule has 0 N–H and O–H groups in total. The zero-order valence-corrected chi connectivity index (χ0v) is 12.4. The van der Waals surface area contributed by atoms with Crippen molar-refractivity contribution in [3.8, 4) is 0 Å². The summed E-state index contributed by atoms with van der Waals surface area (Å²) in [7, 11) is -0.886. The maximum atomic E-state index is 6.32. The van der Waals surface area contributed by atoms with E-state index in [0.29, 0.717) is 0 Å². The Hall–Kier alpha value is 0.247. The summed E-state index contributed by atoms with van der Waals surface area (Å²) in [5.41, 5.74) is 0.763. The van der Waals surface area contributed by atoms with Crippen LogP contribution in [-0.2, 0) is 0 Å². The monoisotopic (exact) mass is 246 g/mol. The van der Waals surface area contributed by atoms with Gasteiger partial charge in [-0.05, 0) is 24.4 Å². The Morgan fingerprint density at radius 1 is 1.07 bits per heavy atom. The average molecular weight is 247 g/mol. The summed E-state index contributed by atoms with van der Waals surface area (Å²) in [6.45, 7) is 8.26. The van der Waals surface area contributed by atoms with Crippen LogP contribution in [0.3, 0.4) is 0 Å². The Balaban J connectivity index is 3.08. The quantitative estimate of drug-likeness (QED) is 0.213. The Kier molecular flexibility index (Phi) is 10.9. The van der Waals surface area contributed by atoms with Gasteiger partial charge in [-0.2, -0.15) is 11.1 Å². The van der Waals surface area contributed by atoms with Gasteiger partial charge in [0.2, 0.25) is 0 Å². The van der Waals surface area contributed by atoms with E-state index in [2.05, 4.69) is 20.4 Å². The molecule has 0 aliphatic carbocycles. The van der Waals surface area contributed by atoms with Crippen molar-refractivity contribution in [3.63, 3.8) is 0 Å². The van der Waals surface area contributed by atoms with Crippen LogP contribution in [-0.4, -0.2) is 8.11 Å². The van der Waals surface area contributed by atoms with Crippen LogP contribution in [0, 0.1) is 0 Å². The van der Waals surface area contributed by atoms with E-state index in [1.54, 1.807) is 0 Å². The van der Waals surface area contributed by atoms with Crippen LogP contribution >= 0.6 is 11.1 Å². The van der Waals surface area contributed by atoms with Crippen LogP contribution in [0.2, 0.25) is 11.6 Å². The van der Waals surface area contributed by atoms with E-state index >= 15 is 0 Å². The molecule has 0 saturated heterocycles. The molecule has 15 heavy (non-hydrogen) atoms. The second-order valence-electron chi connectivity index (χ2n) is 4.75. The lowest BCUT2D eigenvalue weighted by atomic mass is 10.1. The van der Waals surface area contributed by atoms with Crippen LogP contribution in [0.5, 0.6) is 0 Å². The number of hydrogen-bond acceptors (Lipinski definition) is 0. The second-order valence-corrected chi connectivity index (χ2v) is 9.37. The summed E-state index contributed by atoms with van der Waals surface area (Å²) in [5.74, 6) is 0. The van der Waals surface area contributed by atoms with Crippen molar-refractivity contribution in [3.05, 3.63) is 12.7 Å². The molecule has 0 spiro atoms. The summed E-state index contributed by atoms with van der Waals surface area (Å²) >= 11 is 6.32. The lowest BCUT2D eigenvalue weighted by molar-refractivity contribution is 0.610. The minimum atomic E-state index is -0.886. The molecule has 1 atom stereocenters. The van der Waals surface area contributed by atoms with E-state index in [4.69, 9.17) is 11.1 Å². The van der Waals surface area contributed by atoms with Gasteiger partial charge in [-0.15, -0.1) is 6.58 Å². The van der Waals surface area contributed by atoms with Crippen LogP contribution in [0.4, 0.5) is 0 Å². The Morgan fingerprint density at radius 2 is 1.60 bits per heavy atom. The Labute approximate surface area is 102 Å². The van der Waals surface area contributed by atoms with Crippen molar-refractivity contribution in [2.45, 2.75) is 70.4 Å². The molecule has 0 saturated carbocycles. The van der Waals surface area contributed by atoms with E-state index in [1.807, 2.05) is 6.08 Å². The number of rotatable bonds is 10. The van der Waals surface area contributed by atoms with Gasteiger partial charge in [-0.25, -0.2) is 0 Å². The fourth-order valence-electron chi connectivity index (χ4n) is 1.67. The van der Waals surface area contributed by atoms with Gasteiger partial charge in [0, 0.05) is 0 Å². The van der Waals surface area contributed by atoms with Gasteiger partial charge in [0.15, 0.2) is 0 Å². The van der Waals surface area contributed by atoms with Crippen molar-refractivity contribution in [2.24, 2.45) is 0 Å². The third kappa shape index (κ3) is 10.5. The molecule has 0 fully saturated rings. The molecule has 0 aliphatic rings. The zero-order valence-electron chi connectivity index (χ0n) is 10.5. The topological polar surface area (TPSA) is 0 Å². The van der Waals surface area contributed by atoms with Crippen molar-refractivity contribution in [1.82, 2.24) is 0 Å². The van der Waals surface area contributed by atoms with Crippen LogP contribution in [0.15, 0.2) is 12.7 Å². The minimum Gasteiger partial charge on any atom is -0.171 e. The van der Waals surface area contributed by atoms with Crippen molar-refractivity contribution in [2.75, 3.05) is 0 Å². The summed E-state index contributed by atoms with van der Waals surface area (Å²) in [5, 5.41) is 0. The van der Waals surface area contributed by atoms with E-state index < -0.39 is 8.11 Å². The highest BCUT2D eigenvalue weighted by atomic mass is 35.6. The van der Waals surface area contributed by atoms with Gasteiger partial charge in [-0.3, -0.25) is 0 Å². The van der Waals surface area contributed by atoms with Crippen molar-refractivity contribution < 1.29 is 0 Å². The predicted molar refractivity (Wildman–Crippen MR) is 75.4 cm³/mol. The molecule has 1 unspecified atom stereocenters. The standard InChI is InChI=1S/C13H27ClSi/c1-4-5-6-7-8-9-10-11-12-15(14)13(2)3/h4,13,15H,1,5-12H2,2-3H3. The molecule has 0 aliphatic heterocycles. The lowest BCUT2D eigenvalue weighted by Crippen LogP contribution is -2.07. The van der Waals surface area contributed by atoms with Crippen LogP contribution < -0.4 is 0 Å². The van der Waals surface area contributed by atoms with E-state index in [-0.39, 0.29) is 0 Å². The van der Waals surface area contributed by atoms with Gasteiger partial charge in [0.1, 0.15) is 8.11 Å². The van der Waals surface area contributed by atoms with E-state index in [1.165, 1.54) is 51.0 Å². The maximum absolute atomic E-state index is 6.32. The number of allylic oxidation sites excluding steroid dienone is 1. The molecule has 0 heterocycles. The predicted octanol–water partition coefficient (Wildman–Crippen LogP) is 5.28. The fourth-order valence-corrected chi connectivity index (χ4v) is 3.48. The highest BCUT2D eigenvalue weighted by Gasteiger charge is 2.10. The van der Waals surface area contributed by atoms with Gasteiger partial charge < -0.3 is 0 Å². The molecule has 90 valence electrons. The molecule has 0 aromatic heterocycles. The SMILES string of the molecule is C=CCCCCCCCC[SiH](Cl)C(C)C. The number of halogens is 1. The molecule has 0 aromatic rings. The van der Waals surface area contributed by atoms with Crippen LogP contribution in [0.1, 0.15) is 58.8 Å². The van der Waals surface area contributed by atoms with Crippen molar-refractivity contribution in [1.29, 1.82) is 0 Å². The van der Waals surface area contributed by atoms with Gasteiger partial charge in [0.05, 0.1) is 0 Å². The molecule has 0 bridgehead atoms. The fraction of sp³-hybridized carbons (Fsp3) is 0.846. The summed E-state index contributed by atoms with van der Waals surface area (Å²) in [6.07, 6.45) is 11.4. The highest BCUT2D eigenvalue weighted by molar-refractivity contribution is 7.07. The third-order valence-corrected chi connectivity index (χ3v) is 7.43. The largest absolute Gasteiger partial charge is 0.171 e. The molecule has 0 aromatic carbocycles. The third-order valence-electron chi connectivity index (χ3n) is 2.86. The molecular formula is C13H27ClSi. The first-order valence-electron chi connectivity index (χ1n) is 6.43.